The minimum absolute atomic E-state index is 0.283. The number of anilines is 1. The molecule has 0 unspecified atom stereocenters. The molecule has 1 fully saturated rings. The number of nitrogens with zero attached hydrogens (tertiary/aromatic N) is 1. The van der Waals surface area contributed by atoms with E-state index in [2.05, 4.69) is 0 Å². The molecule has 0 radical (unpaired) electrons. The Kier molecular flexibility index (Phi) is 4.45. The van der Waals surface area contributed by atoms with Crippen LogP contribution in [-0.4, -0.2) is 30.5 Å². The molecule has 4 nitrogen and oxygen atoms in total. The summed E-state index contributed by atoms with van der Waals surface area (Å²) in [4.78, 5) is 13.5. The average Bonchev–Trinajstić information content (AvgIpc) is 2.37. The van der Waals surface area contributed by atoms with Crippen LogP contribution in [0.15, 0.2) is 24.3 Å². The lowest BCUT2D eigenvalue weighted by atomic mass is 10.1. The van der Waals surface area contributed by atoms with Crippen LogP contribution in [0.2, 0.25) is 0 Å². The molecule has 0 bridgehead atoms. The molecule has 0 saturated carbocycles. The molecule has 0 aliphatic carbocycles. The number of hydrogen-bond acceptors (Lipinski definition) is 3. The van der Waals surface area contributed by atoms with Gasteiger partial charge in [-0.15, -0.1) is 0 Å². The third kappa shape index (κ3) is 3.65. The van der Waals surface area contributed by atoms with E-state index >= 15 is 0 Å². The molecule has 2 rings (SSSR count). The lowest BCUT2D eigenvalue weighted by Gasteiger charge is -2.26. The predicted octanol–water partition coefficient (Wildman–Crippen LogP) is 2.05. The molecule has 1 saturated heterocycles. The van der Waals surface area contributed by atoms with Gasteiger partial charge in [0.1, 0.15) is 5.75 Å². The predicted molar refractivity (Wildman–Crippen MR) is 71.4 cm³/mol. The number of rotatable bonds is 5. The molecule has 1 heterocycles. The molecule has 0 aromatic heterocycles. The zero-order valence-electron chi connectivity index (χ0n) is 10.6. The number of carbonyl (C=O) groups excluding carboxylic acids is 1. The van der Waals surface area contributed by atoms with E-state index < -0.39 is 0 Å². The minimum atomic E-state index is 0.283. The second kappa shape index (κ2) is 6.28. The molecule has 1 amide bonds. The summed E-state index contributed by atoms with van der Waals surface area (Å²) in [5, 5.41) is 0. The lowest BCUT2D eigenvalue weighted by Crippen LogP contribution is -2.36. The quantitative estimate of drug-likeness (QED) is 0.641. The number of likely N-dealkylation sites (tertiary alicyclic amines) is 1. The Labute approximate surface area is 108 Å². The highest BCUT2D eigenvalue weighted by Gasteiger charge is 2.16. The van der Waals surface area contributed by atoms with Crippen LogP contribution in [-0.2, 0) is 4.79 Å². The van der Waals surface area contributed by atoms with Crippen LogP contribution in [0.3, 0.4) is 0 Å². The van der Waals surface area contributed by atoms with Gasteiger partial charge in [0, 0.05) is 31.3 Å². The fourth-order valence-electron chi connectivity index (χ4n) is 2.15. The Morgan fingerprint density at radius 2 is 2.22 bits per heavy atom. The van der Waals surface area contributed by atoms with Gasteiger partial charge in [0.2, 0.25) is 5.91 Å². The molecule has 1 aromatic carbocycles. The first kappa shape index (κ1) is 12.7. The van der Waals surface area contributed by atoms with Gasteiger partial charge >= 0.3 is 0 Å². The van der Waals surface area contributed by atoms with Crippen LogP contribution < -0.4 is 10.5 Å². The van der Waals surface area contributed by atoms with Crippen molar-refractivity contribution >= 4 is 11.6 Å². The summed E-state index contributed by atoms with van der Waals surface area (Å²) in [5.74, 6) is 1.07. The Bertz CT molecular complexity index is 407. The van der Waals surface area contributed by atoms with Gasteiger partial charge in [-0.25, -0.2) is 0 Å². The average molecular weight is 248 g/mol. The third-order valence-electron chi connectivity index (χ3n) is 3.12. The van der Waals surface area contributed by atoms with E-state index in [9.17, 15) is 4.79 Å². The Morgan fingerprint density at radius 3 is 3.00 bits per heavy atom. The molecule has 1 aromatic rings. The summed E-state index contributed by atoms with van der Waals surface area (Å²) in [6.07, 6.45) is 3.73. The zero-order chi connectivity index (χ0) is 12.8. The number of carbonyl (C=O) groups is 1. The van der Waals surface area contributed by atoms with Gasteiger partial charge in [0.15, 0.2) is 0 Å². The van der Waals surface area contributed by atoms with Gasteiger partial charge in [0.05, 0.1) is 6.61 Å². The molecule has 4 heteroatoms. The topological polar surface area (TPSA) is 55.6 Å². The van der Waals surface area contributed by atoms with E-state index in [1.54, 1.807) is 0 Å². The van der Waals surface area contributed by atoms with Crippen molar-refractivity contribution in [2.45, 2.75) is 25.7 Å². The van der Waals surface area contributed by atoms with Crippen molar-refractivity contribution in [2.24, 2.45) is 0 Å². The summed E-state index contributed by atoms with van der Waals surface area (Å²) in [7, 11) is 0. The summed E-state index contributed by atoms with van der Waals surface area (Å²) >= 11 is 0. The van der Waals surface area contributed by atoms with Gasteiger partial charge < -0.3 is 15.4 Å². The largest absolute Gasteiger partial charge is 0.493 e. The molecule has 98 valence electrons. The summed E-state index contributed by atoms with van der Waals surface area (Å²) in [6, 6.07) is 7.41. The van der Waals surface area contributed by atoms with E-state index in [0.29, 0.717) is 18.7 Å². The second-order valence-electron chi connectivity index (χ2n) is 4.61. The Hall–Kier alpha value is -1.71. The van der Waals surface area contributed by atoms with E-state index in [-0.39, 0.29) is 5.91 Å². The SMILES string of the molecule is Nc1cccc(OCCCN2CCCCC2=O)c1. The standard InChI is InChI=1S/C14H20N2O2/c15-12-5-3-6-13(11-12)18-10-4-9-16-8-2-1-7-14(16)17/h3,5-6,11H,1-2,4,7-10,15H2. The first-order chi connectivity index (χ1) is 8.75. The van der Waals surface area contributed by atoms with Gasteiger partial charge in [-0.1, -0.05) is 6.07 Å². The Morgan fingerprint density at radius 1 is 1.33 bits per heavy atom. The second-order valence-corrected chi connectivity index (χ2v) is 4.61. The number of amides is 1. The van der Waals surface area contributed by atoms with Crippen molar-refractivity contribution in [3.8, 4) is 5.75 Å². The number of benzene rings is 1. The number of ether oxygens (including phenoxy) is 1. The number of piperidine rings is 1. The van der Waals surface area contributed by atoms with E-state index in [1.807, 2.05) is 29.2 Å². The minimum Gasteiger partial charge on any atom is -0.493 e. The van der Waals surface area contributed by atoms with Crippen molar-refractivity contribution in [3.05, 3.63) is 24.3 Å². The van der Waals surface area contributed by atoms with Gasteiger partial charge in [-0.3, -0.25) is 4.79 Å². The molecule has 2 N–H and O–H groups in total. The van der Waals surface area contributed by atoms with Crippen molar-refractivity contribution in [1.82, 2.24) is 4.90 Å². The van der Waals surface area contributed by atoms with Gasteiger partial charge in [0.25, 0.3) is 0 Å². The maximum atomic E-state index is 11.6. The molecular formula is C14H20N2O2. The summed E-state index contributed by atoms with van der Waals surface area (Å²) < 4.78 is 5.60. The third-order valence-corrected chi connectivity index (χ3v) is 3.12. The fourth-order valence-corrected chi connectivity index (χ4v) is 2.15. The zero-order valence-corrected chi connectivity index (χ0v) is 10.6. The number of nitrogens with two attached hydrogens (primary N) is 1. The lowest BCUT2D eigenvalue weighted by molar-refractivity contribution is -0.133. The van der Waals surface area contributed by atoms with E-state index in [0.717, 1.165) is 38.1 Å². The van der Waals surface area contributed by atoms with Crippen LogP contribution in [0.25, 0.3) is 0 Å². The van der Waals surface area contributed by atoms with Crippen LogP contribution in [0, 0.1) is 0 Å². The normalized spacial score (nSPS) is 15.8. The highest BCUT2D eigenvalue weighted by atomic mass is 16.5. The highest BCUT2D eigenvalue weighted by molar-refractivity contribution is 5.76. The Balaban J connectivity index is 1.68. The van der Waals surface area contributed by atoms with Crippen LogP contribution in [0.5, 0.6) is 5.75 Å². The monoisotopic (exact) mass is 248 g/mol. The van der Waals surface area contributed by atoms with Crippen molar-refractivity contribution in [2.75, 3.05) is 25.4 Å². The van der Waals surface area contributed by atoms with Gasteiger partial charge in [-0.05, 0) is 31.4 Å². The highest BCUT2D eigenvalue weighted by Crippen LogP contribution is 2.15. The smallest absolute Gasteiger partial charge is 0.222 e. The maximum absolute atomic E-state index is 11.6. The van der Waals surface area contributed by atoms with Crippen LogP contribution in [0.1, 0.15) is 25.7 Å². The number of hydrogen-bond donors (Lipinski definition) is 1. The molecule has 1 aliphatic heterocycles. The molecule has 0 spiro atoms. The van der Waals surface area contributed by atoms with Crippen molar-refractivity contribution < 1.29 is 9.53 Å². The molecule has 1 aliphatic rings. The van der Waals surface area contributed by atoms with E-state index in [1.165, 1.54) is 0 Å². The maximum Gasteiger partial charge on any atom is 0.222 e. The van der Waals surface area contributed by atoms with E-state index in [4.69, 9.17) is 10.5 Å². The van der Waals surface area contributed by atoms with Crippen LogP contribution >= 0.6 is 0 Å². The van der Waals surface area contributed by atoms with Gasteiger partial charge in [-0.2, -0.15) is 0 Å². The first-order valence-corrected chi connectivity index (χ1v) is 6.52. The molecule has 18 heavy (non-hydrogen) atoms. The molecule has 0 atom stereocenters. The van der Waals surface area contributed by atoms with Crippen molar-refractivity contribution in [1.29, 1.82) is 0 Å². The van der Waals surface area contributed by atoms with Crippen molar-refractivity contribution in [3.63, 3.8) is 0 Å². The fraction of sp³-hybridized carbons (Fsp3) is 0.500. The first-order valence-electron chi connectivity index (χ1n) is 6.52. The van der Waals surface area contributed by atoms with Crippen LogP contribution in [0.4, 0.5) is 5.69 Å². The number of nitrogen functional groups attached to an aromatic ring is 1. The molecular weight excluding hydrogens is 228 g/mol. The summed E-state index contributed by atoms with van der Waals surface area (Å²) in [5.41, 5.74) is 6.37. The summed E-state index contributed by atoms with van der Waals surface area (Å²) in [6.45, 7) is 2.31.